The van der Waals surface area contributed by atoms with Gasteiger partial charge in [0.1, 0.15) is 0 Å². The third kappa shape index (κ3) is 1.59. The number of carbonyl (C=O) groups is 2. The lowest BCUT2D eigenvalue weighted by molar-refractivity contribution is -0.126. The van der Waals surface area contributed by atoms with Crippen LogP contribution in [0.2, 0.25) is 0 Å². The molecule has 2 amide bonds. The molecule has 0 saturated carbocycles. The molecule has 102 valence electrons. The second-order valence-corrected chi connectivity index (χ2v) is 5.98. The van der Waals surface area contributed by atoms with Gasteiger partial charge in [0.25, 0.3) is 0 Å². The number of carbonyl (C=O) groups excluding carboxylic acids is 2. The normalized spacial score (nSPS) is 25.4. The largest absolute Gasteiger partial charge is 0.492 e. The van der Waals surface area contributed by atoms with Gasteiger partial charge in [-0.3, -0.25) is 14.9 Å². The van der Waals surface area contributed by atoms with Crippen LogP contribution in [0.1, 0.15) is 29.7 Å². The zero-order valence-electron chi connectivity index (χ0n) is 10.9. The van der Waals surface area contributed by atoms with Gasteiger partial charge < -0.3 is 9.47 Å². The number of imide groups is 1. The van der Waals surface area contributed by atoms with Crippen molar-refractivity contribution in [1.82, 2.24) is 5.32 Å². The Hall–Kier alpha value is -1.56. The van der Waals surface area contributed by atoms with Crippen LogP contribution in [-0.4, -0.2) is 26.0 Å². The topological polar surface area (TPSA) is 64.6 Å². The minimum absolute atomic E-state index is 0.197. The minimum atomic E-state index is -0.747. The maximum atomic E-state index is 12.3. The Balaban J connectivity index is 2.21. The molecule has 2 heterocycles. The number of ether oxygens (including phenoxy) is 2. The van der Waals surface area contributed by atoms with E-state index in [2.05, 4.69) is 5.32 Å². The quantitative estimate of drug-likeness (QED) is 0.832. The summed E-state index contributed by atoms with van der Waals surface area (Å²) in [6.45, 7) is 0. The summed E-state index contributed by atoms with van der Waals surface area (Å²) >= 11 is 1.51. The summed E-state index contributed by atoms with van der Waals surface area (Å²) in [6, 6.07) is 0. The Bertz CT molecular complexity index is 565. The van der Waals surface area contributed by atoms with E-state index >= 15 is 0 Å². The lowest BCUT2D eigenvalue weighted by Gasteiger charge is -2.30. The molecule has 1 aromatic heterocycles. The highest BCUT2D eigenvalue weighted by atomic mass is 32.1. The van der Waals surface area contributed by atoms with Crippen LogP contribution in [0, 0.1) is 0 Å². The van der Waals surface area contributed by atoms with Crippen molar-refractivity contribution < 1.29 is 19.1 Å². The predicted octanol–water partition coefficient (Wildman–Crippen LogP) is 1.39. The maximum absolute atomic E-state index is 12.3. The van der Waals surface area contributed by atoms with Crippen LogP contribution in [0.4, 0.5) is 0 Å². The Kier molecular flexibility index (Phi) is 2.78. The van der Waals surface area contributed by atoms with E-state index < -0.39 is 5.41 Å². The summed E-state index contributed by atoms with van der Waals surface area (Å²) in [5, 5.41) is 3.11. The molecule has 2 aliphatic rings. The molecular formula is C13H15NO4S. The molecule has 3 rings (SSSR count). The Morgan fingerprint density at radius 3 is 2.63 bits per heavy atom. The highest BCUT2D eigenvalue weighted by molar-refractivity contribution is 7.14. The lowest BCUT2D eigenvalue weighted by atomic mass is 9.71. The molecule has 1 aliphatic carbocycles. The summed E-state index contributed by atoms with van der Waals surface area (Å²) in [5.41, 5.74) is 0.120. The second kappa shape index (κ2) is 4.23. The number of rotatable bonds is 2. The predicted molar refractivity (Wildman–Crippen MR) is 69.8 cm³/mol. The van der Waals surface area contributed by atoms with E-state index in [-0.39, 0.29) is 18.2 Å². The van der Waals surface area contributed by atoms with Gasteiger partial charge in [0.15, 0.2) is 5.75 Å². The molecule has 1 aliphatic heterocycles. The fourth-order valence-electron chi connectivity index (χ4n) is 3.14. The van der Waals surface area contributed by atoms with Gasteiger partial charge in [-0.25, -0.2) is 0 Å². The van der Waals surface area contributed by atoms with Crippen LogP contribution in [0.5, 0.6) is 10.8 Å². The third-order valence-corrected chi connectivity index (χ3v) is 5.12. The SMILES string of the molecule is COc1sc2c(c1OC)C1(CCC2)CC(=O)NC1=O. The van der Waals surface area contributed by atoms with Crippen LogP contribution in [0.25, 0.3) is 0 Å². The average Bonchev–Trinajstić information content (AvgIpc) is 2.89. The molecule has 5 nitrogen and oxygen atoms in total. The first-order chi connectivity index (χ1) is 9.12. The van der Waals surface area contributed by atoms with Crippen molar-refractivity contribution >= 4 is 23.2 Å². The molecule has 1 atom stereocenters. The van der Waals surface area contributed by atoms with Gasteiger partial charge in [0, 0.05) is 16.9 Å². The number of methoxy groups -OCH3 is 2. The number of thiophene rings is 1. The summed E-state index contributed by atoms with van der Waals surface area (Å²) in [5.74, 6) is 0.217. The zero-order valence-corrected chi connectivity index (χ0v) is 11.7. The van der Waals surface area contributed by atoms with Gasteiger partial charge in [0.2, 0.25) is 16.9 Å². The Morgan fingerprint density at radius 1 is 1.26 bits per heavy atom. The standard InChI is InChI=1S/C13H15NO4S/c1-17-10-9-7(19-11(10)18-2)4-3-5-13(9)6-8(15)14-12(13)16/h3-6H2,1-2H3,(H,14,15,16). The van der Waals surface area contributed by atoms with Crippen molar-refractivity contribution in [2.24, 2.45) is 0 Å². The first-order valence-corrected chi connectivity index (χ1v) is 7.02. The van der Waals surface area contributed by atoms with E-state index in [1.54, 1.807) is 14.2 Å². The lowest BCUT2D eigenvalue weighted by Crippen LogP contribution is -2.38. The Labute approximate surface area is 114 Å². The number of nitrogens with one attached hydrogen (secondary N) is 1. The van der Waals surface area contributed by atoms with Crippen LogP contribution >= 0.6 is 11.3 Å². The monoisotopic (exact) mass is 281 g/mol. The number of hydrogen-bond acceptors (Lipinski definition) is 5. The average molecular weight is 281 g/mol. The molecule has 19 heavy (non-hydrogen) atoms. The van der Waals surface area contributed by atoms with Crippen LogP contribution in [0.15, 0.2) is 0 Å². The minimum Gasteiger partial charge on any atom is -0.492 e. The van der Waals surface area contributed by atoms with Crippen molar-refractivity contribution in [1.29, 1.82) is 0 Å². The number of aryl methyl sites for hydroxylation is 1. The smallest absolute Gasteiger partial charge is 0.237 e. The van der Waals surface area contributed by atoms with E-state index in [1.165, 1.54) is 11.3 Å². The number of hydrogen-bond donors (Lipinski definition) is 1. The second-order valence-electron chi connectivity index (χ2n) is 4.91. The highest BCUT2D eigenvalue weighted by Crippen LogP contribution is 2.54. The molecule has 1 spiro atoms. The summed E-state index contributed by atoms with van der Waals surface area (Å²) < 4.78 is 10.8. The van der Waals surface area contributed by atoms with E-state index in [1.807, 2.05) is 0 Å². The van der Waals surface area contributed by atoms with Crippen molar-refractivity contribution in [2.45, 2.75) is 31.1 Å². The fraction of sp³-hybridized carbons (Fsp3) is 0.538. The number of amides is 2. The molecule has 0 radical (unpaired) electrons. The highest BCUT2D eigenvalue weighted by Gasteiger charge is 2.53. The Morgan fingerprint density at radius 2 is 2.05 bits per heavy atom. The molecule has 0 aromatic carbocycles. The van der Waals surface area contributed by atoms with Crippen molar-refractivity contribution in [3.05, 3.63) is 10.4 Å². The molecule has 6 heteroatoms. The summed E-state index contributed by atoms with van der Waals surface area (Å²) in [6.07, 6.45) is 2.71. The van der Waals surface area contributed by atoms with Gasteiger partial charge in [-0.1, -0.05) is 11.3 Å². The van der Waals surface area contributed by atoms with E-state index in [9.17, 15) is 9.59 Å². The van der Waals surface area contributed by atoms with Crippen molar-refractivity contribution in [3.8, 4) is 10.8 Å². The van der Waals surface area contributed by atoms with E-state index in [0.717, 1.165) is 23.3 Å². The molecule has 1 N–H and O–H groups in total. The molecule has 1 saturated heterocycles. The van der Waals surface area contributed by atoms with Gasteiger partial charge in [-0.2, -0.15) is 0 Å². The van der Waals surface area contributed by atoms with Gasteiger partial charge in [0.05, 0.1) is 19.6 Å². The van der Waals surface area contributed by atoms with Crippen molar-refractivity contribution in [3.63, 3.8) is 0 Å². The summed E-state index contributed by atoms with van der Waals surface area (Å²) in [4.78, 5) is 25.0. The number of fused-ring (bicyclic) bond motifs is 2. The molecule has 1 fully saturated rings. The third-order valence-electron chi connectivity index (χ3n) is 3.93. The fourth-order valence-corrected chi connectivity index (χ4v) is 4.36. The van der Waals surface area contributed by atoms with Crippen LogP contribution in [-0.2, 0) is 21.4 Å². The van der Waals surface area contributed by atoms with Gasteiger partial charge in [-0.15, -0.1) is 0 Å². The first-order valence-electron chi connectivity index (χ1n) is 6.21. The zero-order chi connectivity index (χ0) is 13.6. The molecule has 0 bridgehead atoms. The maximum Gasteiger partial charge on any atom is 0.237 e. The van der Waals surface area contributed by atoms with E-state index in [0.29, 0.717) is 17.2 Å². The summed E-state index contributed by atoms with van der Waals surface area (Å²) in [7, 11) is 3.16. The molecular weight excluding hydrogens is 266 g/mol. The van der Waals surface area contributed by atoms with Crippen molar-refractivity contribution in [2.75, 3.05) is 14.2 Å². The van der Waals surface area contributed by atoms with Gasteiger partial charge >= 0.3 is 0 Å². The molecule has 1 unspecified atom stereocenters. The first kappa shape index (κ1) is 12.5. The molecule has 1 aromatic rings. The van der Waals surface area contributed by atoms with Gasteiger partial charge in [-0.05, 0) is 19.3 Å². The van der Waals surface area contributed by atoms with Crippen LogP contribution in [0.3, 0.4) is 0 Å². The van der Waals surface area contributed by atoms with Crippen LogP contribution < -0.4 is 14.8 Å². The van der Waals surface area contributed by atoms with E-state index in [4.69, 9.17) is 9.47 Å².